The van der Waals surface area contributed by atoms with Gasteiger partial charge in [-0.2, -0.15) is 5.10 Å². The number of rotatable bonds is 6. The summed E-state index contributed by atoms with van der Waals surface area (Å²) in [5.74, 6) is 0.621. The summed E-state index contributed by atoms with van der Waals surface area (Å²) in [7, 11) is 0. The maximum absolute atomic E-state index is 13.3. The lowest BCUT2D eigenvalue weighted by Crippen LogP contribution is -2.38. The second kappa shape index (κ2) is 9.01. The predicted molar refractivity (Wildman–Crippen MR) is 117 cm³/mol. The normalized spacial score (nSPS) is 20.3. The third-order valence-corrected chi connectivity index (χ3v) is 5.62. The first kappa shape index (κ1) is 21.8. The highest BCUT2D eigenvalue weighted by molar-refractivity contribution is 5.92. The molecule has 0 radical (unpaired) electrons. The first-order valence-corrected chi connectivity index (χ1v) is 10.5. The van der Waals surface area contributed by atoms with E-state index in [1.807, 2.05) is 0 Å². The highest BCUT2D eigenvalue weighted by Crippen LogP contribution is 2.29. The van der Waals surface area contributed by atoms with Crippen LogP contribution in [0, 0.1) is 25.6 Å². The molecule has 3 N–H and O–H groups in total. The topological polar surface area (TPSA) is 106 Å². The summed E-state index contributed by atoms with van der Waals surface area (Å²) in [5, 5.41) is 7.83. The third-order valence-electron chi connectivity index (χ3n) is 5.62. The molecule has 0 saturated carbocycles. The predicted octanol–water partition coefficient (Wildman–Crippen LogP) is 2.82. The summed E-state index contributed by atoms with van der Waals surface area (Å²) >= 11 is 0. The van der Waals surface area contributed by atoms with Crippen LogP contribution in [0.2, 0.25) is 0 Å². The van der Waals surface area contributed by atoms with Crippen LogP contribution in [0.15, 0.2) is 36.7 Å². The molecule has 0 amide bonds. The standard InChI is InChI=1S/C22H26FN7O2/c1-5-32-22(31)19-13(3)29-30(14(19)4)18-10-17(24-11-25-18)26-21-12(2)20(27-28-21)15-6-8-16(23)9-7-15/h6-12,20-21,27-28H,5H2,1-4H3,(H,24,25,26). The molecule has 10 heteroatoms. The Balaban J connectivity index is 1.53. The van der Waals surface area contributed by atoms with Crippen molar-refractivity contribution in [2.45, 2.75) is 39.9 Å². The number of aromatic nitrogens is 4. The number of anilines is 1. The maximum Gasteiger partial charge on any atom is 0.341 e. The number of hydrazine groups is 1. The summed E-state index contributed by atoms with van der Waals surface area (Å²) in [6, 6.07) is 8.26. The fourth-order valence-electron chi connectivity index (χ4n) is 3.93. The largest absolute Gasteiger partial charge is 0.462 e. The molecule has 2 aromatic heterocycles. The number of aryl methyl sites for hydroxylation is 1. The van der Waals surface area contributed by atoms with E-state index in [1.165, 1.54) is 18.5 Å². The van der Waals surface area contributed by atoms with E-state index in [2.05, 4.69) is 38.2 Å². The van der Waals surface area contributed by atoms with E-state index in [0.717, 1.165) is 5.56 Å². The number of hydrogen-bond acceptors (Lipinski definition) is 8. The van der Waals surface area contributed by atoms with Gasteiger partial charge in [-0.25, -0.2) is 34.7 Å². The number of nitrogens with one attached hydrogen (secondary N) is 3. The lowest BCUT2D eigenvalue weighted by Gasteiger charge is -2.20. The van der Waals surface area contributed by atoms with Crippen LogP contribution in [-0.2, 0) is 4.74 Å². The molecule has 32 heavy (non-hydrogen) atoms. The Labute approximate surface area is 185 Å². The minimum absolute atomic E-state index is 0.0116. The van der Waals surface area contributed by atoms with Crippen LogP contribution in [0.4, 0.5) is 10.2 Å². The lowest BCUT2D eigenvalue weighted by molar-refractivity contribution is 0.0524. The minimum atomic E-state index is -0.400. The van der Waals surface area contributed by atoms with E-state index in [0.29, 0.717) is 35.2 Å². The summed E-state index contributed by atoms with van der Waals surface area (Å²) < 4.78 is 20.0. The van der Waals surface area contributed by atoms with E-state index in [-0.39, 0.29) is 23.9 Å². The number of ether oxygens (including phenoxy) is 1. The molecule has 1 saturated heterocycles. The quantitative estimate of drug-likeness (QED) is 0.504. The van der Waals surface area contributed by atoms with Crippen molar-refractivity contribution in [3.05, 3.63) is 65.0 Å². The van der Waals surface area contributed by atoms with Gasteiger partial charge in [-0.15, -0.1) is 0 Å². The van der Waals surface area contributed by atoms with Crippen molar-refractivity contribution >= 4 is 11.8 Å². The average molecular weight is 439 g/mol. The minimum Gasteiger partial charge on any atom is -0.462 e. The van der Waals surface area contributed by atoms with Crippen LogP contribution < -0.4 is 16.2 Å². The molecular formula is C22H26FN7O2. The van der Waals surface area contributed by atoms with Gasteiger partial charge in [0.25, 0.3) is 0 Å². The smallest absolute Gasteiger partial charge is 0.341 e. The molecule has 1 aliphatic heterocycles. The molecule has 3 unspecified atom stereocenters. The van der Waals surface area contributed by atoms with E-state index < -0.39 is 5.97 Å². The number of halogens is 1. The molecule has 9 nitrogen and oxygen atoms in total. The van der Waals surface area contributed by atoms with Crippen molar-refractivity contribution in [2.24, 2.45) is 5.92 Å². The fraction of sp³-hybridized carbons (Fsp3) is 0.364. The summed E-state index contributed by atoms with van der Waals surface area (Å²) in [5.41, 5.74) is 9.15. The van der Waals surface area contributed by atoms with Crippen molar-refractivity contribution in [3.8, 4) is 5.82 Å². The number of nitrogens with zero attached hydrogens (tertiary/aromatic N) is 4. The third kappa shape index (κ3) is 4.19. The molecule has 0 bridgehead atoms. The molecule has 3 heterocycles. The Bertz CT molecular complexity index is 1120. The van der Waals surface area contributed by atoms with Crippen molar-refractivity contribution in [1.82, 2.24) is 30.6 Å². The fourth-order valence-corrected chi connectivity index (χ4v) is 3.93. The Morgan fingerprint density at radius 3 is 2.69 bits per heavy atom. The Morgan fingerprint density at radius 2 is 1.97 bits per heavy atom. The Kier molecular flexibility index (Phi) is 6.15. The highest BCUT2D eigenvalue weighted by atomic mass is 19.1. The molecule has 1 fully saturated rings. The van der Waals surface area contributed by atoms with Crippen molar-refractivity contribution in [1.29, 1.82) is 0 Å². The van der Waals surface area contributed by atoms with Crippen LogP contribution in [0.25, 0.3) is 5.82 Å². The average Bonchev–Trinajstić information content (AvgIpc) is 3.28. The van der Waals surface area contributed by atoms with Gasteiger partial charge in [0, 0.05) is 12.0 Å². The van der Waals surface area contributed by atoms with E-state index in [4.69, 9.17) is 4.74 Å². The van der Waals surface area contributed by atoms with Gasteiger partial charge in [0.05, 0.1) is 30.2 Å². The molecule has 3 atom stereocenters. The first-order chi connectivity index (χ1) is 15.4. The van der Waals surface area contributed by atoms with Gasteiger partial charge in [0.2, 0.25) is 0 Å². The van der Waals surface area contributed by atoms with Crippen molar-refractivity contribution in [3.63, 3.8) is 0 Å². The van der Waals surface area contributed by atoms with Gasteiger partial charge in [-0.1, -0.05) is 19.1 Å². The zero-order valence-corrected chi connectivity index (χ0v) is 18.4. The molecule has 1 aliphatic rings. The number of esters is 1. The van der Waals surface area contributed by atoms with Gasteiger partial charge >= 0.3 is 5.97 Å². The molecule has 168 valence electrons. The van der Waals surface area contributed by atoms with Gasteiger partial charge in [-0.05, 0) is 38.5 Å². The van der Waals surface area contributed by atoms with E-state index in [1.54, 1.807) is 43.7 Å². The summed E-state index contributed by atoms with van der Waals surface area (Å²) in [4.78, 5) is 20.9. The van der Waals surface area contributed by atoms with Crippen LogP contribution >= 0.6 is 0 Å². The number of carbonyl (C=O) groups excluding carboxylic acids is 1. The highest BCUT2D eigenvalue weighted by Gasteiger charge is 2.33. The molecule has 4 rings (SSSR count). The molecule has 1 aromatic carbocycles. The summed E-state index contributed by atoms with van der Waals surface area (Å²) in [6.45, 7) is 7.72. The second-order valence-corrected chi connectivity index (χ2v) is 7.74. The van der Waals surface area contributed by atoms with E-state index >= 15 is 0 Å². The van der Waals surface area contributed by atoms with Crippen LogP contribution in [0.1, 0.15) is 47.2 Å². The van der Waals surface area contributed by atoms with Crippen LogP contribution in [-0.4, -0.2) is 38.5 Å². The van der Waals surface area contributed by atoms with Gasteiger partial charge in [-0.3, -0.25) is 0 Å². The zero-order chi connectivity index (χ0) is 22.8. The number of hydrogen-bond donors (Lipinski definition) is 3. The van der Waals surface area contributed by atoms with Gasteiger partial charge < -0.3 is 10.1 Å². The second-order valence-electron chi connectivity index (χ2n) is 7.74. The van der Waals surface area contributed by atoms with Crippen LogP contribution in [0.3, 0.4) is 0 Å². The monoisotopic (exact) mass is 439 g/mol. The van der Waals surface area contributed by atoms with Gasteiger partial charge in [0.1, 0.15) is 23.5 Å². The molecule has 0 aliphatic carbocycles. The molecule has 0 spiro atoms. The van der Waals surface area contributed by atoms with Crippen LogP contribution in [0.5, 0.6) is 0 Å². The number of carbonyl (C=O) groups is 1. The zero-order valence-electron chi connectivity index (χ0n) is 18.4. The van der Waals surface area contributed by atoms with Crippen molar-refractivity contribution < 1.29 is 13.9 Å². The SMILES string of the molecule is CCOC(=O)c1c(C)nn(-c2cc(NC3NNC(c4ccc(F)cc4)C3C)ncn2)c1C. The first-order valence-electron chi connectivity index (χ1n) is 10.5. The summed E-state index contributed by atoms with van der Waals surface area (Å²) in [6.07, 6.45) is 1.33. The van der Waals surface area contributed by atoms with Crippen molar-refractivity contribution in [2.75, 3.05) is 11.9 Å². The Hall–Kier alpha value is -3.37. The molecule has 3 aromatic rings. The lowest BCUT2D eigenvalue weighted by atomic mass is 9.94. The maximum atomic E-state index is 13.3. The molecular weight excluding hydrogens is 413 g/mol. The number of benzene rings is 1. The van der Waals surface area contributed by atoms with E-state index in [9.17, 15) is 9.18 Å². The van der Waals surface area contributed by atoms with Gasteiger partial charge in [0.15, 0.2) is 5.82 Å². The Morgan fingerprint density at radius 1 is 1.22 bits per heavy atom.